The van der Waals surface area contributed by atoms with Crippen molar-refractivity contribution < 1.29 is 9.47 Å². The Bertz CT molecular complexity index is 476. The Hall–Kier alpha value is -1.73. The van der Waals surface area contributed by atoms with Gasteiger partial charge >= 0.3 is 0 Å². The molecule has 0 aliphatic carbocycles. The van der Waals surface area contributed by atoms with Gasteiger partial charge in [-0.25, -0.2) is 0 Å². The van der Waals surface area contributed by atoms with Crippen LogP contribution in [0.15, 0.2) is 18.2 Å². The van der Waals surface area contributed by atoms with E-state index in [9.17, 15) is 5.26 Å². The van der Waals surface area contributed by atoms with E-state index < -0.39 is 0 Å². The molecule has 1 fully saturated rings. The molecule has 0 aromatic heterocycles. The molecule has 0 bridgehead atoms. The predicted octanol–water partition coefficient (Wildman–Crippen LogP) is 2.62. The molecule has 0 saturated carbocycles. The van der Waals surface area contributed by atoms with Gasteiger partial charge < -0.3 is 9.47 Å². The minimum absolute atomic E-state index is 0.0717. The van der Waals surface area contributed by atoms with Crippen molar-refractivity contribution in [1.82, 2.24) is 4.90 Å². The monoisotopic (exact) mass is 274 g/mol. The van der Waals surface area contributed by atoms with E-state index in [1.54, 1.807) is 14.2 Å². The predicted molar refractivity (Wildman–Crippen MR) is 78.1 cm³/mol. The van der Waals surface area contributed by atoms with Crippen molar-refractivity contribution in [3.05, 3.63) is 23.8 Å². The molecular weight excluding hydrogens is 252 g/mol. The summed E-state index contributed by atoms with van der Waals surface area (Å²) in [6.45, 7) is 2.05. The van der Waals surface area contributed by atoms with Crippen LogP contribution in [0.3, 0.4) is 0 Å². The summed E-state index contributed by atoms with van der Waals surface area (Å²) in [6.07, 6.45) is 4.36. The number of hydrogen-bond donors (Lipinski definition) is 0. The summed E-state index contributed by atoms with van der Waals surface area (Å²) < 4.78 is 10.6. The van der Waals surface area contributed by atoms with Crippen LogP contribution in [0.1, 0.15) is 24.8 Å². The third-order valence-electron chi connectivity index (χ3n) is 3.89. The van der Waals surface area contributed by atoms with Crippen LogP contribution < -0.4 is 9.47 Å². The lowest BCUT2D eigenvalue weighted by Crippen LogP contribution is -2.39. The minimum Gasteiger partial charge on any atom is -0.497 e. The second-order valence-corrected chi connectivity index (χ2v) is 5.12. The number of likely N-dealkylation sites (tertiary alicyclic amines) is 1. The number of methoxy groups -OCH3 is 2. The number of piperidine rings is 1. The van der Waals surface area contributed by atoms with Gasteiger partial charge in [0.1, 0.15) is 17.5 Å². The number of nitrogens with zero attached hydrogens (tertiary/aromatic N) is 2. The molecule has 0 N–H and O–H groups in total. The Balaban J connectivity index is 2.12. The van der Waals surface area contributed by atoms with Crippen molar-refractivity contribution in [3.63, 3.8) is 0 Å². The first-order valence-corrected chi connectivity index (χ1v) is 7.13. The normalized spacial score (nSPS) is 17.2. The molecule has 0 amide bonds. The van der Waals surface area contributed by atoms with Crippen LogP contribution in [0, 0.1) is 11.3 Å². The van der Waals surface area contributed by atoms with E-state index in [0.717, 1.165) is 30.2 Å². The zero-order chi connectivity index (χ0) is 14.4. The van der Waals surface area contributed by atoms with E-state index in [0.29, 0.717) is 6.42 Å². The fourth-order valence-electron chi connectivity index (χ4n) is 2.72. The van der Waals surface area contributed by atoms with E-state index in [4.69, 9.17) is 9.47 Å². The third-order valence-corrected chi connectivity index (χ3v) is 3.89. The van der Waals surface area contributed by atoms with Gasteiger partial charge in [0.05, 0.1) is 20.3 Å². The number of benzene rings is 1. The lowest BCUT2D eigenvalue weighted by molar-refractivity contribution is 0.193. The molecule has 108 valence electrons. The van der Waals surface area contributed by atoms with Crippen molar-refractivity contribution in [2.24, 2.45) is 0 Å². The van der Waals surface area contributed by atoms with Crippen molar-refractivity contribution >= 4 is 0 Å². The van der Waals surface area contributed by atoms with Crippen molar-refractivity contribution in [2.75, 3.05) is 27.3 Å². The fourth-order valence-corrected chi connectivity index (χ4v) is 2.72. The van der Waals surface area contributed by atoms with E-state index in [1.165, 1.54) is 19.3 Å². The zero-order valence-electron chi connectivity index (χ0n) is 12.3. The molecule has 1 aromatic carbocycles. The summed E-state index contributed by atoms with van der Waals surface area (Å²) in [5.74, 6) is 1.57. The highest BCUT2D eigenvalue weighted by Crippen LogP contribution is 2.27. The molecule has 1 heterocycles. The molecule has 4 heteroatoms. The second kappa shape index (κ2) is 7.16. The molecule has 1 aliphatic heterocycles. The van der Waals surface area contributed by atoms with Crippen LogP contribution in [0.5, 0.6) is 11.5 Å². The van der Waals surface area contributed by atoms with Gasteiger partial charge in [0.25, 0.3) is 0 Å². The van der Waals surface area contributed by atoms with Gasteiger partial charge in [0.2, 0.25) is 0 Å². The first-order valence-electron chi connectivity index (χ1n) is 7.13. The summed E-state index contributed by atoms with van der Waals surface area (Å²) in [4.78, 5) is 2.28. The Morgan fingerprint density at radius 3 is 2.55 bits per heavy atom. The van der Waals surface area contributed by atoms with E-state index in [-0.39, 0.29) is 6.04 Å². The Kier molecular flexibility index (Phi) is 5.25. The first kappa shape index (κ1) is 14.7. The molecule has 1 unspecified atom stereocenters. The summed E-state index contributed by atoms with van der Waals surface area (Å²) in [7, 11) is 3.29. The van der Waals surface area contributed by atoms with Crippen LogP contribution in [0.4, 0.5) is 0 Å². The van der Waals surface area contributed by atoms with Crippen LogP contribution >= 0.6 is 0 Å². The zero-order valence-corrected chi connectivity index (χ0v) is 12.3. The summed E-state index contributed by atoms with van der Waals surface area (Å²) in [5.41, 5.74) is 1.06. The summed E-state index contributed by atoms with van der Waals surface area (Å²) >= 11 is 0. The van der Waals surface area contributed by atoms with E-state index >= 15 is 0 Å². The van der Waals surface area contributed by atoms with Crippen molar-refractivity contribution in [1.29, 1.82) is 5.26 Å². The SMILES string of the molecule is COc1ccc(CC(C#N)N2CCCCC2)c(OC)c1. The smallest absolute Gasteiger partial charge is 0.125 e. The van der Waals surface area contributed by atoms with Gasteiger partial charge in [-0.15, -0.1) is 0 Å². The van der Waals surface area contributed by atoms with Crippen molar-refractivity contribution in [3.8, 4) is 17.6 Å². The molecule has 20 heavy (non-hydrogen) atoms. The van der Waals surface area contributed by atoms with Gasteiger partial charge in [0, 0.05) is 12.5 Å². The highest BCUT2D eigenvalue weighted by atomic mass is 16.5. The molecule has 1 aliphatic rings. The Morgan fingerprint density at radius 2 is 1.95 bits per heavy atom. The third kappa shape index (κ3) is 3.43. The number of nitriles is 1. The largest absolute Gasteiger partial charge is 0.497 e. The topological polar surface area (TPSA) is 45.5 Å². The summed E-state index contributed by atoms with van der Waals surface area (Å²) in [5, 5.41) is 9.45. The standard InChI is InChI=1S/C16H22N2O2/c1-19-15-7-6-13(16(11-15)20-2)10-14(12-17)18-8-4-3-5-9-18/h6-7,11,14H,3-5,8-10H2,1-2H3. The van der Waals surface area contributed by atoms with Crippen LogP contribution in [0.25, 0.3) is 0 Å². The average molecular weight is 274 g/mol. The maximum absolute atomic E-state index is 9.45. The second-order valence-electron chi connectivity index (χ2n) is 5.12. The van der Waals surface area contributed by atoms with Crippen LogP contribution in [-0.4, -0.2) is 38.3 Å². The molecule has 1 atom stereocenters. The average Bonchev–Trinajstić information content (AvgIpc) is 2.53. The van der Waals surface area contributed by atoms with E-state index in [1.807, 2.05) is 18.2 Å². The number of ether oxygens (including phenoxy) is 2. The molecule has 1 saturated heterocycles. The van der Waals surface area contributed by atoms with Crippen LogP contribution in [-0.2, 0) is 6.42 Å². The maximum Gasteiger partial charge on any atom is 0.125 e. The molecule has 0 radical (unpaired) electrons. The Morgan fingerprint density at radius 1 is 1.20 bits per heavy atom. The van der Waals surface area contributed by atoms with Gasteiger partial charge in [0.15, 0.2) is 0 Å². The molecule has 1 aromatic rings. The first-order chi connectivity index (χ1) is 9.78. The molecule has 0 spiro atoms. The molecule has 4 nitrogen and oxygen atoms in total. The van der Waals surface area contributed by atoms with Crippen molar-refractivity contribution in [2.45, 2.75) is 31.7 Å². The molecular formula is C16H22N2O2. The minimum atomic E-state index is -0.0717. The van der Waals surface area contributed by atoms with Gasteiger partial charge in [-0.05, 0) is 37.6 Å². The highest BCUT2D eigenvalue weighted by molar-refractivity contribution is 5.41. The Labute approximate surface area is 120 Å². The van der Waals surface area contributed by atoms with Crippen LogP contribution in [0.2, 0.25) is 0 Å². The summed E-state index contributed by atoms with van der Waals surface area (Å²) in [6, 6.07) is 8.15. The lowest BCUT2D eigenvalue weighted by atomic mass is 10.0. The molecule has 2 rings (SSSR count). The number of rotatable bonds is 5. The highest BCUT2D eigenvalue weighted by Gasteiger charge is 2.21. The quantitative estimate of drug-likeness (QED) is 0.828. The van der Waals surface area contributed by atoms with Gasteiger partial charge in [-0.1, -0.05) is 12.5 Å². The maximum atomic E-state index is 9.45. The van der Waals surface area contributed by atoms with E-state index in [2.05, 4.69) is 11.0 Å². The fraction of sp³-hybridized carbons (Fsp3) is 0.562. The number of hydrogen-bond acceptors (Lipinski definition) is 4. The van der Waals surface area contributed by atoms with Gasteiger partial charge in [-0.3, -0.25) is 4.90 Å². The lowest BCUT2D eigenvalue weighted by Gasteiger charge is -2.30. The van der Waals surface area contributed by atoms with Gasteiger partial charge in [-0.2, -0.15) is 5.26 Å².